The minimum Gasteiger partial charge on any atom is -0.494 e. The Bertz CT molecular complexity index is 1150. The van der Waals surface area contributed by atoms with Gasteiger partial charge >= 0.3 is 6.03 Å². The van der Waals surface area contributed by atoms with Crippen molar-refractivity contribution in [3.8, 4) is 5.75 Å². The number of fused-ring (bicyclic) bond motifs is 3. The van der Waals surface area contributed by atoms with Gasteiger partial charge in [0.25, 0.3) is 5.91 Å². The Kier molecular flexibility index (Phi) is 6.51. The van der Waals surface area contributed by atoms with Crippen LogP contribution in [0.25, 0.3) is 0 Å². The molecule has 184 valence electrons. The summed E-state index contributed by atoms with van der Waals surface area (Å²) >= 11 is 12.7. The molecule has 8 nitrogen and oxygen atoms in total. The molecule has 0 N–H and O–H groups in total. The third-order valence-electron chi connectivity index (χ3n) is 6.68. The van der Waals surface area contributed by atoms with Crippen LogP contribution in [-0.4, -0.2) is 71.5 Å². The zero-order valence-electron chi connectivity index (χ0n) is 19.7. The number of benzene rings is 2. The van der Waals surface area contributed by atoms with E-state index in [-0.39, 0.29) is 12.5 Å². The molecule has 0 aromatic heterocycles. The second-order valence-corrected chi connectivity index (χ2v) is 9.60. The van der Waals surface area contributed by atoms with E-state index in [2.05, 4.69) is 4.90 Å². The standard InChI is InChI=1S/C25H27Cl2N5O3/c1-3-35-17-11-9-16(10-12-17)30-13-4-5-14-31-21-22(28-24(30)31)29(2)25(34)32(23(21)33)15-18-19(26)7-6-8-20(18)27/h6-12,21-22H,3-5,13-15H2,1-2H3. The second-order valence-electron chi connectivity index (χ2n) is 8.78. The lowest BCUT2D eigenvalue weighted by molar-refractivity contribution is -0.138. The predicted molar refractivity (Wildman–Crippen MR) is 136 cm³/mol. The Morgan fingerprint density at radius 2 is 1.71 bits per heavy atom. The summed E-state index contributed by atoms with van der Waals surface area (Å²) in [6.07, 6.45) is 1.28. The number of halogens is 2. The number of aliphatic imine (C=N–C) groups is 1. The van der Waals surface area contributed by atoms with Crippen molar-refractivity contribution in [1.29, 1.82) is 0 Å². The van der Waals surface area contributed by atoms with E-state index in [4.69, 9.17) is 32.9 Å². The SMILES string of the molecule is CCOc1ccc(N2CCCCN3C2=NC2C3C(=O)N(Cc3c(Cl)cccc3Cl)C(=O)N2C)cc1. The first kappa shape index (κ1) is 23.8. The van der Waals surface area contributed by atoms with E-state index in [1.54, 1.807) is 25.2 Å². The van der Waals surface area contributed by atoms with Crippen LogP contribution in [0, 0.1) is 0 Å². The van der Waals surface area contributed by atoms with Gasteiger partial charge in [-0.05, 0) is 56.2 Å². The largest absolute Gasteiger partial charge is 0.494 e. The van der Waals surface area contributed by atoms with E-state index in [0.29, 0.717) is 34.7 Å². The maximum atomic E-state index is 13.8. The van der Waals surface area contributed by atoms with Crippen LogP contribution in [0.5, 0.6) is 5.75 Å². The van der Waals surface area contributed by atoms with Gasteiger partial charge in [0.05, 0.1) is 13.2 Å². The summed E-state index contributed by atoms with van der Waals surface area (Å²) in [6.45, 7) is 4.02. The first-order valence-corrected chi connectivity index (χ1v) is 12.5. The number of hydrogen-bond donors (Lipinski definition) is 0. The normalized spacial score (nSPS) is 22.1. The summed E-state index contributed by atoms with van der Waals surface area (Å²) in [4.78, 5) is 38.9. The maximum Gasteiger partial charge on any atom is 0.328 e. The summed E-state index contributed by atoms with van der Waals surface area (Å²) in [6, 6.07) is 12.0. The molecule has 2 aromatic carbocycles. The summed E-state index contributed by atoms with van der Waals surface area (Å²) in [5.74, 6) is 1.23. The molecule has 3 amide bonds. The van der Waals surface area contributed by atoms with Gasteiger partial charge in [-0.1, -0.05) is 29.3 Å². The lowest BCUT2D eigenvalue weighted by Crippen LogP contribution is -2.65. The third-order valence-corrected chi connectivity index (χ3v) is 7.39. The molecule has 2 unspecified atom stereocenters. The van der Waals surface area contributed by atoms with Crippen molar-refractivity contribution >= 4 is 46.8 Å². The highest BCUT2D eigenvalue weighted by Gasteiger charge is 2.53. The number of carbonyl (C=O) groups is 2. The monoisotopic (exact) mass is 515 g/mol. The van der Waals surface area contributed by atoms with E-state index < -0.39 is 18.2 Å². The highest BCUT2D eigenvalue weighted by molar-refractivity contribution is 6.36. The number of likely N-dealkylation sites (N-methyl/N-ethyl adjacent to an activating group) is 1. The number of amides is 3. The third kappa shape index (κ3) is 4.19. The van der Waals surface area contributed by atoms with Crippen molar-refractivity contribution < 1.29 is 14.3 Å². The van der Waals surface area contributed by atoms with Crippen molar-refractivity contribution in [3.63, 3.8) is 0 Å². The maximum absolute atomic E-state index is 13.8. The predicted octanol–water partition coefficient (Wildman–Crippen LogP) is 4.45. The Hall–Kier alpha value is -2.97. The highest BCUT2D eigenvalue weighted by Crippen LogP contribution is 2.35. The Balaban J connectivity index is 1.46. The molecule has 0 spiro atoms. The number of hydrogen-bond acceptors (Lipinski definition) is 6. The summed E-state index contributed by atoms with van der Waals surface area (Å²) in [5, 5.41) is 0.838. The van der Waals surface area contributed by atoms with Gasteiger partial charge in [-0.25, -0.2) is 9.79 Å². The van der Waals surface area contributed by atoms with E-state index >= 15 is 0 Å². The highest BCUT2D eigenvalue weighted by atomic mass is 35.5. The number of ether oxygens (including phenoxy) is 1. The van der Waals surface area contributed by atoms with Gasteiger partial charge in [-0.3, -0.25) is 9.69 Å². The van der Waals surface area contributed by atoms with Crippen molar-refractivity contribution in [2.75, 3.05) is 31.6 Å². The quantitative estimate of drug-likeness (QED) is 0.588. The van der Waals surface area contributed by atoms with Gasteiger partial charge in [-0.15, -0.1) is 0 Å². The van der Waals surface area contributed by atoms with E-state index in [1.807, 2.05) is 36.1 Å². The van der Waals surface area contributed by atoms with Crippen LogP contribution in [0.4, 0.5) is 10.5 Å². The Morgan fingerprint density at radius 3 is 2.40 bits per heavy atom. The fourth-order valence-corrected chi connectivity index (χ4v) is 5.42. The van der Waals surface area contributed by atoms with Gasteiger partial charge in [0, 0.05) is 41.4 Å². The minimum absolute atomic E-state index is 0.00944. The molecule has 0 radical (unpaired) electrons. The molecule has 0 bridgehead atoms. The molecule has 10 heteroatoms. The molecule has 0 aliphatic carbocycles. The number of imide groups is 1. The average Bonchev–Trinajstić information content (AvgIpc) is 3.10. The smallest absolute Gasteiger partial charge is 0.328 e. The van der Waals surface area contributed by atoms with Crippen molar-refractivity contribution in [1.82, 2.24) is 14.7 Å². The fourth-order valence-electron chi connectivity index (χ4n) is 4.90. The number of carbonyl (C=O) groups excluding carboxylic acids is 2. The topological polar surface area (TPSA) is 68.7 Å². The van der Waals surface area contributed by atoms with Crippen molar-refractivity contribution in [3.05, 3.63) is 58.1 Å². The Labute approximate surface area is 214 Å². The molecule has 3 heterocycles. The van der Waals surface area contributed by atoms with Gasteiger partial charge in [-0.2, -0.15) is 0 Å². The summed E-state index contributed by atoms with van der Waals surface area (Å²) < 4.78 is 5.58. The van der Waals surface area contributed by atoms with Crippen LogP contribution in [0.3, 0.4) is 0 Å². The van der Waals surface area contributed by atoms with E-state index in [9.17, 15) is 9.59 Å². The lowest BCUT2D eigenvalue weighted by atomic mass is 10.1. The number of guanidine groups is 1. The molecule has 0 saturated carbocycles. The van der Waals surface area contributed by atoms with Crippen LogP contribution in [0.2, 0.25) is 10.0 Å². The zero-order valence-corrected chi connectivity index (χ0v) is 21.2. The van der Waals surface area contributed by atoms with Gasteiger partial charge in [0.15, 0.2) is 12.2 Å². The number of anilines is 1. The molecular weight excluding hydrogens is 489 g/mol. The van der Waals surface area contributed by atoms with Gasteiger partial charge < -0.3 is 19.4 Å². The molecule has 2 saturated heterocycles. The van der Waals surface area contributed by atoms with Gasteiger partial charge in [0.1, 0.15) is 5.75 Å². The Morgan fingerprint density at radius 1 is 1.03 bits per heavy atom. The van der Waals surface area contributed by atoms with Gasteiger partial charge in [0.2, 0.25) is 5.96 Å². The molecule has 5 rings (SSSR count). The summed E-state index contributed by atoms with van der Waals surface area (Å²) in [7, 11) is 1.69. The number of nitrogens with zero attached hydrogens (tertiary/aromatic N) is 5. The minimum atomic E-state index is -0.600. The number of rotatable bonds is 5. The van der Waals surface area contributed by atoms with E-state index in [1.165, 1.54) is 9.80 Å². The molecule has 2 fully saturated rings. The van der Waals surface area contributed by atoms with Crippen LogP contribution < -0.4 is 9.64 Å². The number of urea groups is 1. The molecule has 3 aliphatic heterocycles. The van der Waals surface area contributed by atoms with E-state index in [0.717, 1.165) is 30.8 Å². The first-order chi connectivity index (χ1) is 16.9. The molecular formula is C25H27Cl2N5O3. The average molecular weight is 516 g/mol. The lowest BCUT2D eigenvalue weighted by Gasteiger charge is -2.41. The van der Waals surface area contributed by atoms with Crippen LogP contribution >= 0.6 is 23.2 Å². The zero-order chi connectivity index (χ0) is 24.7. The second kappa shape index (κ2) is 9.59. The molecule has 2 aromatic rings. The van der Waals surface area contributed by atoms with Crippen LogP contribution in [-0.2, 0) is 11.3 Å². The fraction of sp³-hybridized carbons (Fsp3) is 0.400. The van der Waals surface area contributed by atoms with Crippen molar-refractivity contribution in [2.24, 2.45) is 4.99 Å². The molecule has 3 aliphatic rings. The van der Waals surface area contributed by atoms with Crippen molar-refractivity contribution in [2.45, 2.75) is 38.5 Å². The summed E-state index contributed by atoms with van der Waals surface area (Å²) in [5.41, 5.74) is 1.52. The molecule has 35 heavy (non-hydrogen) atoms. The van der Waals surface area contributed by atoms with Crippen LogP contribution in [0.15, 0.2) is 47.5 Å². The molecule has 2 atom stereocenters. The van der Waals surface area contributed by atoms with Crippen LogP contribution in [0.1, 0.15) is 25.3 Å². The first-order valence-electron chi connectivity index (χ1n) is 11.8.